The van der Waals surface area contributed by atoms with Crippen molar-refractivity contribution in [2.24, 2.45) is 17.3 Å². The van der Waals surface area contributed by atoms with Crippen molar-refractivity contribution in [3.63, 3.8) is 0 Å². The molecule has 0 amide bonds. The first-order valence-corrected chi connectivity index (χ1v) is 6.61. The van der Waals surface area contributed by atoms with Crippen LogP contribution in [0.25, 0.3) is 0 Å². The van der Waals surface area contributed by atoms with Crippen LogP contribution in [-0.2, 0) is 4.74 Å². The highest BCUT2D eigenvalue weighted by atomic mass is 16.5. The predicted octanol–water partition coefficient (Wildman–Crippen LogP) is 4.02. The molecule has 0 bridgehead atoms. The van der Waals surface area contributed by atoms with Crippen LogP contribution in [0.3, 0.4) is 0 Å². The molecule has 15 heavy (non-hydrogen) atoms. The van der Waals surface area contributed by atoms with Gasteiger partial charge in [0.05, 0.1) is 5.60 Å². The highest BCUT2D eigenvalue weighted by Crippen LogP contribution is 2.52. The zero-order valence-electron chi connectivity index (χ0n) is 10.8. The lowest BCUT2D eigenvalue weighted by Gasteiger charge is -2.45. The first-order valence-electron chi connectivity index (χ1n) is 6.61. The Kier molecular flexibility index (Phi) is 2.87. The third-order valence-electron chi connectivity index (χ3n) is 5.12. The first kappa shape index (κ1) is 11.4. The van der Waals surface area contributed by atoms with E-state index in [0.29, 0.717) is 5.41 Å². The van der Waals surface area contributed by atoms with Crippen molar-refractivity contribution in [2.45, 2.75) is 65.4 Å². The maximum absolute atomic E-state index is 6.12. The van der Waals surface area contributed by atoms with E-state index < -0.39 is 0 Å². The van der Waals surface area contributed by atoms with Crippen molar-refractivity contribution in [2.75, 3.05) is 6.61 Å². The lowest BCUT2D eigenvalue weighted by Crippen LogP contribution is -2.45. The van der Waals surface area contributed by atoms with Crippen molar-refractivity contribution in [3.8, 4) is 0 Å². The summed E-state index contributed by atoms with van der Waals surface area (Å²) in [6.45, 7) is 10.5. The zero-order chi connectivity index (χ0) is 11.1. The molecule has 0 aromatic rings. The summed E-state index contributed by atoms with van der Waals surface area (Å²) in [4.78, 5) is 0. The molecule has 1 saturated heterocycles. The fraction of sp³-hybridized carbons (Fsp3) is 1.00. The topological polar surface area (TPSA) is 9.23 Å². The lowest BCUT2D eigenvalue weighted by atomic mass is 9.64. The SMILES string of the molecule is CC(C)C1CCC2(CC1)OCCC2(C)C. The predicted molar refractivity (Wildman–Crippen MR) is 63.9 cm³/mol. The van der Waals surface area contributed by atoms with Crippen LogP contribution in [0.4, 0.5) is 0 Å². The first-order chi connectivity index (χ1) is 6.97. The molecule has 1 saturated carbocycles. The highest BCUT2D eigenvalue weighted by Gasteiger charge is 2.51. The van der Waals surface area contributed by atoms with E-state index in [9.17, 15) is 0 Å². The second-order valence-corrected chi connectivity index (χ2v) is 6.56. The normalized spacial score (nSPS) is 40.2. The minimum Gasteiger partial charge on any atom is -0.374 e. The van der Waals surface area contributed by atoms with Gasteiger partial charge in [-0.25, -0.2) is 0 Å². The fourth-order valence-electron chi connectivity index (χ4n) is 3.52. The quantitative estimate of drug-likeness (QED) is 0.635. The Morgan fingerprint density at radius 2 is 1.67 bits per heavy atom. The van der Waals surface area contributed by atoms with Crippen LogP contribution in [-0.4, -0.2) is 12.2 Å². The number of hydrogen-bond acceptors (Lipinski definition) is 1. The van der Waals surface area contributed by atoms with E-state index in [1.807, 2.05) is 0 Å². The molecule has 0 aromatic carbocycles. The van der Waals surface area contributed by atoms with Gasteiger partial charge in [0.2, 0.25) is 0 Å². The van der Waals surface area contributed by atoms with Crippen molar-refractivity contribution in [3.05, 3.63) is 0 Å². The van der Waals surface area contributed by atoms with E-state index in [0.717, 1.165) is 18.4 Å². The molecule has 0 atom stereocenters. The molecule has 1 spiro atoms. The zero-order valence-corrected chi connectivity index (χ0v) is 10.8. The average Bonchev–Trinajstić information content (AvgIpc) is 2.43. The minimum atomic E-state index is 0.235. The van der Waals surface area contributed by atoms with E-state index in [-0.39, 0.29) is 5.60 Å². The van der Waals surface area contributed by atoms with Crippen LogP contribution in [0.5, 0.6) is 0 Å². The number of hydrogen-bond donors (Lipinski definition) is 0. The third kappa shape index (κ3) is 1.84. The van der Waals surface area contributed by atoms with Gasteiger partial charge in [-0.2, -0.15) is 0 Å². The van der Waals surface area contributed by atoms with Crippen molar-refractivity contribution < 1.29 is 4.74 Å². The number of rotatable bonds is 1. The molecule has 0 aromatic heterocycles. The Morgan fingerprint density at radius 1 is 1.07 bits per heavy atom. The summed E-state index contributed by atoms with van der Waals surface area (Å²) < 4.78 is 6.12. The van der Waals surface area contributed by atoms with E-state index in [1.165, 1.54) is 32.1 Å². The monoisotopic (exact) mass is 210 g/mol. The summed E-state index contributed by atoms with van der Waals surface area (Å²) in [7, 11) is 0. The summed E-state index contributed by atoms with van der Waals surface area (Å²) in [5.74, 6) is 1.79. The molecule has 1 heterocycles. The maximum atomic E-state index is 6.12. The molecule has 0 N–H and O–H groups in total. The summed E-state index contributed by atoms with van der Waals surface area (Å²) in [5, 5.41) is 0. The van der Waals surface area contributed by atoms with Gasteiger partial charge in [-0.15, -0.1) is 0 Å². The van der Waals surface area contributed by atoms with Gasteiger partial charge < -0.3 is 4.74 Å². The summed E-state index contributed by atoms with van der Waals surface area (Å²) >= 11 is 0. The van der Waals surface area contributed by atoms with Gasteiger partial charge in [0, 0.05) is 6.61 Å². The van der Waals surface area contributed by atoms with Crippen LogP contribution in [0.2, 0.25) is 0 Å². The molecule has 1 nitrogen and oxygen atoms in total. The Balaban J connectivity index is 2.03. The highest BCUT2D eigenvalue weighted by molar-refractivity contribution is 5.01. The van der Waals surface area contributed by atoms with Gasteiger partial charge >= 0.3 is 0 Å². The third-order valence-corrected chi connectivity index (χ3v) is 5.12. The minimum absolute atomic E-state index is 0.235. The Morgan fingerprint density at radius 3 is 2.07 bits per heavy atom. The molecule has 1 aliphatic heterocycles. The molecular formula is C14H26O. The van der Waals surface area contributed by atoms with Crippen LogP contribution in [0.15, 0.2) is 0 Å². The van der Waals surface area contributed by atoms with Crippen LogP contribution in [0.1, 0.15) is 59.8 Å². The summed E-state index contributed by atoms with van der Waals surface area (Å²) in [6, 6.07) is 0. The van der Waals surface area contributed by atoms with Crippen LogP contribution in [0, 0.1) is 17.3 Å². The molecule has 1 aliphatic carbocycles. The van der Waals surface area contributed by atoms with Crippen LogP contribution < -0.4 is 0 Å². The number of ether oxygens (including phenoxy) is 1. The van der Waals surface area contributed by atoms with E-state index in [4.69, 9.17) is 4.74 Å². The molecule has 88 valence electrons. The standard InChI is InChI=1S/C14H26O/c1-11(2)12-5-7-14(8-6-12)13(3,4)9-10-15-14/h11-12H,5-10H2,1-4H3. The van der Waals surface area contributed by atoms with Crippen LogP contribution >= 0.6 is 0 Å². The average molecular weight is 210 g/mol. The molecular weight excluding hydrogens is 184 g/mol. The molecule has 2 aliphatic rings. The second kappa shape index (κ2) is 3.76. The smallest absolute Gasteiger partial charge is 0.0734 e. The van der Waals surface area contributed by atoms with Gasteiger partial charge in [0.1, 0.15) is 0 Å². The van der Waals surface area contributed by atoms with E-state index in [2.05, 4.69) is 27.7 Å². The van der Waals surface area contributed by atoms with Gasteiger partial charge in [-0.05, 0) is 49.4 Å². The van der Waals surface area contributed by atoms with Crippen molar-refractivity contribution in [1.82, 2.24) is 0 Å². The van der Waals surface area contributed by atoms with Crippen molar-refractivity contribution in [1.29, 1.82) is 0 Å². The molecule has 2 rings (SSSR count). The molecule has 0 radical (unpaired) electrons. The summed E-state index contributed by atoms with van der Waals surface area (Å²) in [5.41, 5.74) is 0.646. The van der Waals surface area contributed by atoms with Gasteiger partial charge in [0.15, 0.2) is 0 Å². The lowest BCUT2D eigenvalue weighted by molar-refractivity contribution is -0.0890. The Bertz CT molecular complexity index is 221. The van der Waals surface area contributed by atoms with Crippen molar-refractivity contribution >= 4 is 0 Å². The fourth-order valence-corrected chi connectivity index (χ4v) is 3.52. The largest absolute Gasteiger partial charge is 0.374 e. The molecule has 2 fully saturated rings. The second-order valence-electron chi connectivity index (χ2n) is 6.56. The Hall–Kier alpha value is -0.0400. The summed E-state index contributed by atoms with van der Waals surface area (Å²) in [6.07, 6.45) is 6.59. The van der Waals surface area contributed by atoms with E-state index >= 15 is 0 Å². The van der Waals surface area contributed by atoms with Gasteiger partial charge in [-0.3, -0.25) is 0 Å². The molecule has 1 heteroatoms. The Labute approximate surface area is 94.6 Å². The molecule has 0 unspecified atom stereocenters. The van der Waals surface area contributed by atoms with E-state index in [1.54, 1.807) is 0 Å². The van der Waals surface area contributed by atoms with Gasteiger partial charge in [0.25, 0.3) is 0 Å². The maximum Gasteiger partial charge on any atom is 0.0734 e. The van der Waals surface area contributed by atoms with Gasteiger partial charge in [-0.1, -0.05) is 27.7 Å².